The van der Waals surface area contributed by atoms with Crippen LogP contribution in [0.4, 0.5) is 0 Å². The Morgan fingerprint density at radius 3 is 2.85 bits per heavy atom. The van der Waals surface area contributed by atoms with Crippen molar-refractivity contribution >= 4 is 5.91 Å². The molecule has 2 aliphatic rings. The monoisotopic (exact) mass is 368 g/mol. The lowest BCUT2D eigenvalue weighted by Crippen LogP contribution is -2.40. The van der Waals surface area contributed by atoms with Crippen molar-refractivity contribution in [2.45, 2.75) is 58.2 Å². The van der Waals surface area contributed by atoms with Gasteiger partial charge in [-0.05, 0) is 43.5 Å². The van der Waals surface area contributed by atoms with Crippen molar-refractivity contribution in [1.82, 2.24) is 29.5 Å². The third-order valence-electron chi connectivity index (χ3n) is 5.62. The molecule has 27 heavy (non-hydrogen) atoms. The average Bonchev–Trinajstić information content (AvgIpc) is 3.12. The lowest BCUT2D eigenvalue weighted by Gasteiger charge is -2.33. The first-order valence-electron chi connectivity index (χ1n) is 10.1. The molecule has 2 aromatic rings. The van der Waals surface area contributed by atoms with Gasteiger partial charge in [-0.2, -0.15) is 0 Å². The molecular weight excluding hydrogens is 340 g/mol. The Hall–Kier alpha value is -2.28. The molecule has 1 unspecified atom stereocenters. The van der Waals surface area contributed by atoms with Crippen LogP contribution in [0.1, 0.15) is 55.7 Å². The first-order chi connectivity index (χ1) is 13.2. The lowest BCUT2D eigenvalue weighted by atomic mass is 9.96. The van der Waals surface area contributed by atoms with Crippen molar-refractivity contribution in [2.75, 3.05) is 19.6 Å². The van der Waals surface area contributed by atoms with Crippen LogP contribution in [0.15, 0.2) is 24.5 Å². The second kappa shape index (κ2) is 8.17. The molecule has 0 aromatic carbocycles. The maximum atomic E-state index is 12.2. The summed E-state index contributed by atoms with van der Waals surface area (Å²) in [5.41, 5.74) is 1.30. The number of nitrogens with zero attached hydrogens (tertiary/aromatic N) is 6. The summed E-state index contributed by atoms with van der Waals surface area (Å²) in [5, 5.41) is 8.97. The normalized spacial score (nSPS) is 20.5. The summed E-state index contributed by atoms with van der Waals surface area (Å²) < 4.78 is 2.26. The molecule has 0 spiro atoms. The highest BCUT2D eigenvalue weighted by Gasteiger charge is 2.30. The standard InChI is InChI=1S/C20H28N6O/c1-2-4-19(27)25-11-12-26-18(15-25)22-23-20(26)17-5-3-10-24(14-17)13-16-6-8-21-9-7-16/h6-9,17H,2-5,10-15H2,1H3. The van der Waals surface area contributed by atoms with Crippen molar-refractivity contribution in [3.05, 3.63) is 41.7 Å². The molecule has 0 radical (unpaired) electrons. The zero-order chi connectivity index (χ0) is 18.6. The van der Waals surface area contributed by atoms with E-state index in [1.165, 1.54) is 12.0 Å². The van der Waals surface area contributed by atoms with Crippen LogP contribution < -0.4 is 0 Å². The Morgan fingerprint density at radius 2 is 2.04 bits per heavy atom. The minimum absolute atomic E-state index is 0.231. The van der Waals surface area contributed by atoms with Gasteiger partial charge in [-0.1, -0.05) is 6.92 Å². The molecule has 7 heteroatoms. The Balaban J connectivity index is 1.43. The summed E-state index contributed by atoms with van der Waals surface area (Å²) in [6, 6.07) is 4.18. The van der Waals surface area contributed by atoms with E-state index in [1.54, 1.807) is 0 Å². The number of rotatable bonds is 5. The molecule has 0 bridgehead atoms. The third-order valence-corrected chi connectivity index (χ3v) is 5.62. The van der Waals surface area contributed by atoms with Crippen LogP contribution >= 0.6 is 0 Å². The van der Waals surface area contributed by atoms with Crippen molar-refractivity contribution in [3.63, 3.8) is 0 Å². The fraction of sp³-hybridized carbons (Fsp3) is 0.600. The molecule has 0 N–H and O–H groups in total. The summed E-state index contributed by atoms with van der Waals surface area (Å²) in [4.78, 5) is 20.7. The number of hydrogen-bond acceptors (Lipinski definition) is 5. The summed E-state index contributed by atoms with van der Waals surface area (Å²) in [5.74, 6) is 2.69. The van der Waals surface area contributed by atoms with Crippen LogP contribution in [-0.2, 0) is 24.4 Å². The molecule has 0 aliphatic carbocycles. The molecule has 4 rings (SSSR count). The number of pyridine rings is 1. The highest BCUT2D eigenvalue weighted by molar-refractivity contribution is 5.76. The topological polar surface area (TPSA) is 67.2 Å². The first kappa shape index (κ1) is 18.1. The Bertz CT molecular complexity index is 774. The van der Waals surface area contributed by atoms with Gasteiger partial charge >= 0.3 is 0 Å². The quantitative estimate of drug-likeness (QED) is 0.809. The van der Waals surface area contributed by atoms with Crippen LogP contribution in [0.2, 0.25) is 0 Å². The zero-order valence-electron chi connectivity index (χ0n) is 16.0. The fourth-order valence-corrected chi connectivity index (χ4v) is 4.22. The second-order valence-corrected chi connectivity index (χ2v) is 7.62. The molecule has 2 aromatic heterocycles. The molecule has 1 fully saturated rings. The predicted octanol–water partition coefficient (Wildman–Crippen LogP) is 2.20. The largest absolute Gasteiger partial charge is 0.333 e. The number of piperidine rings is 1. The average molecular weight is 368 g/mol. The van der Waals surface area contributed by atoms with Crippen molar-refractivity contribution in [3.8, 4) is 0 Å². The number of fused-ring (bicyclic) bond motifs is 1. The van der Waals surface area contributed by atoms with Gasteiger partial charge in [0.2, 0.25) is 5.91 Å². The maximum Gasteiger partial charge on any atom is 0.223 e. The number of hydrogen-bond donors (Lipinski definition) is 0. The molecule has 2 aliphatic heterocycles. The van der Waals surface area contributed by atoms with Gasteiger partial charge < -0.3 is 9.47 Å². The number of amides is 1. The van der Waals surface area contributed by atoms with Crippen LogP contribution in [-0.4, -0.2) is 55.1 Å². The van der Waals surface area contributed by atoms with Gasteiger partial charge in [-0.25, -0.2) is 0 Å². The predicted molar refractivity (Wildman–Crippen MR) is 102 cm³/mol. The fourth-order valence-electron chi connectivity index (χ4n) is 4.22. The highest BCUT2D eigenvalue weighted by atomic mass is 16.2. The van der Waals surface area contributed by atoms with E-state index < -0.39 is 0 Å². The summed E-state index contributed by atoms with van der Waals surface area (Å²) in [6.45, 7) is 7.32. The molecule has 7 nitrogen and oxygen atoms in total. The van der Waals surface area contributed by atoms with Crippen LogP contribution in [0.5, 0.6) is 0 Å². The van der Waals surface area contributed by atoms with Gasteiger partial charge in [0.05, 0.1) is 6.54 Å². The van der Waals surface area contributed by atoms with E-state index in [2.05, 4.69) is 36.8 Å². The Morgan fingerprint density at radius 1 is 1.19 bits per heavy atom. The SMILES string of the molecule is CCCC(=O)N1CCn2c(nnc2C2CCCN(Cc3ccncc3)C2)C1. The first-order valence-corrected chi connectivity index (χ1v) is 10.1. The summed E-state index contributed by atoms with van der Waals surface area (Å²) in [6.07, 6.45) is 7.56. The van der Waals surface area contributed by atoms with Gasteiger partial charge in [0.1, 0.15) is 5.82 Å². The number of likely N-dealkylation sites (tertiary alicyclic amines) is 1. The van der Waals surface area contributed by atoms with Crippen LogP contribution in [0.3, 0.4) is 0 Å². The minimum atomic E-state index is 0.231. The molecule has 144 valence electrons. The Kier molecular flexibility index (Phi) is 5.48. The van der Waals surface area contributed by atoms with Crippen molar-refractivity contribution < 1.29 is 4.79 Å². The third kappa shape index (κ3) is 4.03. The van der Waals surface area contributed by atoms with E-state index in [0.717, 1.165) is 57.2 Å². The van der Waals surface area contributed by atoms with E-state index in [-0.39, 0.29) is 5.91 Å². The minimum Gasteiger partial charge on any atom is -0.333 e. The number of carbonyl (C=O) groups is 1. The van der Waals surface area contributed by atoms with E-state index in [9.17, 15) is 4.79 Å². The van der Waals surface area contributed by atoms with Gasteiger partial charge in [0.15, 0.2) is 5.82 Å². The molecule has 1 amide bonds. The van der Waals surface area contributed by atoms with Gasteiger partial charge in [-0.15, -0.1) is 10.2 Å². The second-order valence-electron chi connectivity index (χ2n) is 7.62. The lowest BCUT2D eigenvalue weighted by molar-refractivity contribution is -0.132. The van der Waals surface area contributed by atoms with Crippen LogP contribution in [0, 0.1) is 0 Å². The maximum absolute atomic E-state index is 12.2. The Labute approximate surface area is 160 Å². The van der Waals surface area contributed by atoms with E-state index in [4.69, 9.17) is 0 Å². The summed E-state index contributed by atoms with van der Waals surface area (Å²) in [7, 11) is 0. The van der Waals surface area contributed by atoms with Crippen LogP contribution in [0.25, 0.3) is 0 Å². The molecule has 4 heterocycles. The highest BCUT2D eigenvalue weighted by Crippen LogP contribution is 2.28. The van der Waals surface area contributed by atoms with Gasteiger partial charge in [0, 0.05) is 50.9 Å². The number of aromatic nitrogens is 4. The van der Waals surface area contributed by atoms with E-state index in [0.29, 0.717) is 18.9 Å². The molecule has 1 atom stereocenters. The van der Waals surface area contributed by atoms with Gasteiger partial charge in [0.25, 0.3) is 0 Å². The van der Waals surface area contributed by atoms with Crippen molar-refractivity contribution in [1.29, 1.82) is 0 Å². The van der Waals surface area contributed by atoms with E-state index >= 15 is 0 Å². The molecular formula is C20H28N6O. The smallest absolute Gasteiger partial charge is 0.223 e. The van der Waals surface area contributed by atoms with Crippen molar-refractivity contribution in [2.24, 2.45) is 0 Å². The summed E-state index contributed by atoms with van der Waals surface area (Å²) >= 11 is 0. The molecule has 0 saturated carbocycles. The zero-order valence-corrected chi connectivity index (χ0v) is 16.0. The molecule has 1 saturated heterocycles. The van der Waals surface area contributed by atoms with E-state index in [1.807, 2.05) is 24.2 Å². The van der Waals surface area contributed by atoms with Gasteiger partial charge in [-0.3, -0.25) is 14.7 Å². The number of carbonyl (C=O) groups excluding carboxylic acids is 1.